The Morgan fingerprint density at radius 2 is 1.86 bits per heavy atom. The van der Waals surface area contributed by atoms with Crippen LogP contribution in [-0.2, 0) is 11.2 Å². The first-order chi connectivity index (χ1) is 17.1. The quantitative estimate of drug-likeness (QED) is 0.462. The number of hydrogen-bond donors (Lipinski definition) is 2. The van der Waals surface area contributed by atoms with E-state index in [9.17, 15) is 9.59 Å². The van der Waals surface area contributed by atoms with Gasteiger partial charge >= 0.3 is 0 Å². The minimum atomic E-state index is -0.558. The number of ether oxygens (including phenoxy) is 2. The Hall–Kier alpha value is -4.26. The van der Waals surface area contributed by atoms with Gasteiger partial charge in [0.2, 0.25) is 12.7 Å². The van der Waals surface area contributed by atoms with Gasteiger partial charge in [-0.2, -0.15) is 0 Å². The van der Waals surface area contributed by atoms with Gasteiger partial charge in [-0.15, -0.1) is 0 Å². The number of aromatic amines is 1. The van der Waals surface area contributed by atoms with Crippen molar-refractivity contribution in [2.24, 2.45) is 0 Å². The molecule has 2 aliphatic heterocycles. The Morgan fingerprint density at radius 3 is 2.77 bits per heavy atom. The lowest BCUT2D eigenvalue weighted by atomic mass is 9.79. The molecule has 7 nitrogen and oxygen atoms in total. The number of carbonyl (C=O) groups is 2. The van der Waals surface area contributed by atoms with Gasteiger partial charge in [0.15, 0.2) is 11.5 Å². The largest absolute Gasteiger partial charge is 0.454 e. The maximum absolute atomic E-state index is 13.7. The van der Waals surface area contributed by atoms with Gasteiger partial charge in [-0.05, 0) is 47.4 Å². The second-order valence-corrected chi connectivity index (χ2v) is 8.94. The number of benzene rings is 3. The number of fused-ring (bicyclic) bond motifs is 3. The third-order valence-electron chi connectivity index (χ3n) is 6.97. The fourth-order valence-corrected chi connectivity index (χ4v) is 5.24. The highest BCUT2D eigenvalue weighted by atomic mass is 16.7. The Morgan fingerprint density at radius 1 is 1.06 bits per heavy atom. The molecule has 1 aromatic heterocycles. The maximum Gasteiger partial charge on any atom is 0.254 e. The molecule has 2 aliphatic rings. The van der Waals surface area contributed by atoms with Crippen LogP contribution in [0.15, 0.2) is 72.9 Å². The van der Waals surface area contributed by atoms with E-state index in [2.05, 4.69) is 16.4 Å². The first-order valence-corrected chi connectivity index (χ1v) is 11.7. The summed E-state index contributed by atoms with van der Waals surface area (Å²) < 4.78 is 11.0. The number of amides is 2. The number of likely N-dealkylation sites (N-methyl/N-ethyl adjacent to an activating group) is 1. The van der Waals surface area contributed by atoms with E-state index in [0.717, 1.165) is 27.6 Å². The molecule has 0 aliphatic carbocycles. The molecule has 3 heterocycles. The zero-order valence-electron chi connectivity index (χ0n) is 19.3. The number of carbonyl (C=O) groups excluding carboxylic acids is 2. The lowest BCUT2D eigenvalue weighted by molar-refractivity contribution is -0.124. The maximum atomic E-state index is 13.7. The van der Waals surface area contributed by atoms with Crippen molar-refractivity contribution in [1.29, 1.82) is 0 Å². The molecule has 0 saturated heterocycles. The van der Waals surface area contributed by atoms with E-state index in [1.807, 2.05) is 60.8 Å². The fourth-order valence-electron chi connectivity index (χ4n) is 5.24. The molecule has 2 N–H and O–H groups in total. The summed E-state index contributed by atoms with van der Waals surface area (Å²) in [5.74, 6) is 0.516. The molecule has 0 fully saturated rings. The van der Waals surface area contributed by atoms with E-state index in [4.69, 9.17) is 9.47 Å². The predicted molar refractivity (Wildman–Crippen MR) is 132 cm³/mol. The number of aromatic nitrogens is 1. The van der Waals surface area contributed by atoms with E-state index in [-0.39, 0.29) is 18.6 Å². The van der Waals surface area contributed by atoms with Crippen molar-refractivity contribution in [1.82, 2.24) is 15.2 Å². The van der Waals surface area contributed by atoms with Crippen LogP contribution < -0.4 is 14.8 Å². The van der Waals surface area contributed by atoms with Crippen molar-refractivity contribution in [3.8, 4) is 11.5 Å². The number of nitrogens with one attached hydrogen (secondary N) is 2. The lowest BCUT2D eigenvalue weighted by Crippen LogP contribution is -2.45. The number of hydrogen-bond acceptors (Lipinski definition) is 4. The molecule has 0 unspecified atom stereocenters. The monoisotopic (exact) mass is 467 g/mol. The molecule has 4 aromatic rings. The number of nitrogens with zero attached hydrogens (tertiary/aromatic N) is 1. The highest BCUT2D eigenvalue weighted by Gasteiger charge is 2.42. The topological polar surface area (TPSA) is 83.7 Å². The molecule has 6 rings (SSSR count). The Balaban J connectivity index is 1.31. The van der Waals surface area contributed by atoms with Crippen molar-refractivity contribution < 1.29 is 19.1 Å². The minimum Gasteiger partial charge on any atom is -0.454 e. The van der Waals surface area contributed by atoms with Crippen LogP contribution in [0.4, 0.5) is 0 Å². The zero-order valence-corrected chi connectivity index (χ0v) is 19.3. The van der Waals surface area contributed by atoms with Crippen molar-refractivity contribution >= 4 is 22.7 Å². The van der Waals surface area contributed by atoms with Gasteiger partial charge in [0.1, 0.15) is 0 Å². The third-order valence-corrected chi connectivity index (χ3v) is 6.97. The number of para-hydroxylation sites is 1. The van der Waals surface area contributed by atoms with E-state index >= 15 is 0 Å². The third kappa shape index (κ3) is 3.60. The molecule has 0 spiro atoms. The molecule has 35 heavy (non-hydrogen) atoms. The second-order valence-electron chi connectivity index (χ2n) is 8.94. The second kappa shape index (κ2) is 8.51. The van der Waals surface area contributed by atoms with E-state index in [1.54, 1.807) is 18.0 Å². The summed E-state index contributed by atoms with van der Waals surface area (Å²) in [6.07, 6.45) is 2.70. The average Bonchev–Trinajstić information content (AvgIpc) is 3.52. The minimum absolute atomic E-state index is 0.105. The van der Waals surface area contributed by atoms with Crippen LogP contribution in [0.1, 0.15) is 39.0 Å². The van der Waals surface area contributed by atoms with E-state index < -0.39 is 12.0 Å². The van der Waals surface area contributed by atoms with Crippen LogP contribution in [0.5, 0.6) is 11.5 Å². The van der Waals surface area contributed by atoms with Crippen LogP contribution in [0.2, 0.25) is 0 Å². The highest BCUT2D eigenvalue weighted by Crippen LogP contribution is 2.44. The van der Waals surface area contributed by atoms with Gasteiger partial charge < -0.3 is 24.7 Å². The molecule has 2 amide bonds. The molecular formula is C28H25N3O4. The van der Waals surface area contributed by atoms with E-state index in [0.29, 0.717) is 30.0 Å². The van der Waals surface area contributed by atoms with Crippen LogP contribution >= 0.6 is 0 Å². The van der Waals surface area contributed by atoms with Crippen molar-refractivity contribution in [3.63, 3.8) is 0 Å². The Kier molecular flexibility index (Phi) is 5.17. The lowest BCUT2D eigenvalue weighted by Gasteiger charge is -2.39. The van der Waals surface area contributed by atoms with Gasteiger partial charge in [-0.3, -0.25) is 9.59 Å². The summed E-state index contributed by atoms with van der Waals surface area (Å²) in [5, 5.41) is 4.30. The molecular weight excluding hydrogens is 442 g/mol. The molecule has 0 saturated carbocycles. The first kappa shape index (κ1) is 21.3. The Bertz CT molecular complexity index is 1440. The summed E-state index contributed by atoms with van der Waals surface area (Å²) in [7, 11) is 1.75. The fraction of sp³-hybridized carbons (Fsp3) is 0.214. The van der Waals surface area contributed by atoms with Gasteiger partial charge in [-0.25, -0.2) is 0 Å². The summed E-state index contributed by atoms with van der Waals surface area (Å²) >= 11 is 0. The van der Waals surface area contributed by atoms with Gasteiger partial charge in [0.25, 0.3) is 5.91 Å². The van der Waals surface area contributed by atoms with Gasteiger partial charge in [0, 0.05) is 36.3 Å². The summed E-state index contributed by atoms with van der Waals surface area (Å²) in [6.45, 7) is 0.656. The normalized spacial score (nSPS) is 18.5. The predicted octanol–water partition coefficient (Wildman–Crippen LogP) is 4.17. The van der Waals surface area contributed by atoms with Gasteiger partial charge in [-0.1, -0.05) is 42.5 Å². The van der Waals surface area contributed by atoms with Gasteiger partial charge in [0.05, 0.1) is 12.0 Å². The SMILES string of the molecule is CN1C(=O)c2ccccc2[C@@H](C(=O)NCCc2c[nH]c3ccccc23)[C@H]1c1ccc2c(c1)OCO2. The summed E-state index contributed by atoms with van der Waals surface area (Å²) in [4.78, 5) is 31.9. The van der Waals surface area contributed by atoms with Crippen molar-refractivity contribution in [2.45, 2.75) is 18.4 Å². The number of rotatable bonds is 5. The molecule has 0 bridgehead atoms. The van der Waals surface area contributed by atoms with Crippen molar-refractivity contribution in [2.75, 3.05) is 20.4 Å². The summed E-state index contributed by atoms with van der Waals surface area (Å²) in [5.41, 5.74) is 4.37. The Labute approximate surface area is 202 Å². The summed E-state index contributed by atoms with van der Waals surface area (Å²) in [6, 6.07) is 20.6. The van der Waals surface area contributed by atoms with Crippen LogP contribution in [0.25, 0.3) is 10.9 Å². The molecule has 7 heteroatoms. The smallest absolute Gasteiger partial charge is 0.254 e. The van der Waals surface area contributed by atoms with E-state index in [1.165, 1.54) is 0 Å². The molecule has 2 atom stereocenters. The zero-order chi connectivity index (χ0) is 23.9. The van der Waals surface area contributed by atoms with Crippen LogP contribution in [0.3, 0.4) is 0 Å². The molecule has 176 valence electrons. The standard InChI is InChI=1S/C28H25N3O4/c1-31-26(17-10-11-23-24(14-17)35-16-34-23)25(20-7-2-3-8-21(20)28(31)33)27(32)29-13-12-18-15-30-22-9-5-4-6-19(18)22/h2-11,14-15,25-26,30H,12-13,16H2,1H3,(H,29,32)/t25-,26-/m1/s1. The van der Waals surface area contributed by atoms with Crippen LogP contribution in [-0.4, -0.2) is 42.1 Å². The molecule has 0 radical (unpaired) electrons. The van der Waals surface area contributed by atoms with Crippen LogP contribution in [0, 0.1) is 0 Å². The number of H-pyrrole nitrogens is 1. The highest BCUT2D eigenvalue weighted by molar-refractivity contribution is 6.01. The van der Waals surface area contributed by atoms with Crippen molar-refractivity contribution in [3.05, 3.63) is 95.2 Å². The molecule has 3 aromatic carbocycles. The average molecular weight is 468 g/mol. The first-order valence-electron chi connectivity index (χ1n) is 11.7.